The number of hydrogen-bond donors (Lipinski definition) is 2. The van der Waals surface area contributed by atoms with Crippen LogP contribution < -0.4 is 15.8 Å². The van der Waals surface area contributed by atoms with E-state index in [0.29, 0.717) is 19.5 Å². The molecule has 98 valence electrons. The highest BCUT2D eigenvalue weighted by atomic mass is 16.5. The second-order valence-corrected chi connectivity index (χ2v) is 4.56. The van der Waals surface area contributed by atoms with Crippen LogP contribution in [0.2, 0.25) is 0 Å². The summed E-state index contributed by atoms with van der Waals surface area (Å²) < 4.78 is 5.48. The van der Waals surface area contributed by atoms with E-state index in [4.69, 9.17) is 10.5 Å². The molecule has 0 spiro atoms. The first-order valence-electron chi connectivity index (χ1n) is 6.47. The monoisotopic (exact) mass is 248 g/mol. The summed E-state index contributed by atoms with van der Waals surface area (Å²) in [5.41, 5.74) is 8.14. The minimum atomic E-state index is 0.0599. The molecule has 1 heterocycles. The summed E-state index contributed by atoms with van der Waals surface area (Å²) >= 11 is 0. The molecule has 2 rings (SSSR count). The SMILES string of the molecule is CCNC(=O)CC(CN)c1ccc2c(c1)CCO2. The maximum Gasteiger partial charge on any atom is 0.220 e. The fourth-order valence-corrected chi connectivity index (χ4v) is 2.29. The Labute approximate surface area is 108 Å². The van der Waals surface area contributed by atoms with Crippen LogP contribution in [0.25, 0.3) is 0 Å². The summed E-state index contributed by atoms with van der Waals surface area (Å²) in [6.45, 7) is 3.81. The molecular formula is C14H20N2O2. The molecule has 1 aromatic carbocycles. The molecular weight excluding hydrogens is 228 g/mol. The number of benzene rings is 1. The number of nitrogens with one attached hydrogen (secondary N) is 1. The van der Waals surface area contributed by atoms with E-state index in [1.165, 1.54) is 5.56 Å². The lowest BCUT2D eigenvalue weighted by Gasteiger charge is -2.15. The van der Waals surface area contributed by atoms with Gasteiger partial charge >= 0.3 is 0 Å². The number of nitrogens with two attached hydrogens (primary N) is 1. The summed E-state index contributed by atoms with van der Waals surface area (Å²) in [4.78, 5) is 11.6. The lowest BCUT2D eigenvalue weighted by Crippen LogP contribution is -2.27. The van der Waals surface area contributed by atoms with E-state index in [-0.39, 0.29) is 11.8 Å². The van der Waals surface area contributed by atoms with E-state index in [1.54, 1.807) is 0 Å². The number of rotatable bonds is 5. The first-order chi connectivity index (χ1) is 8.74. The van der Waals surface area contributed by atoms with Gasteiger partial charge in [-0.3, -0.25) is 4.79 Å². The van der Waals surface area contributed by atoms with Crippen molar-refractivity contribution in [3.8, 4) is 5.75 Å². The molecule has 4 nitrogen and oxygen atoms in total. The second-order valence-electron chi connectivity index (χ2n) is 4.56. The third-order valence-electron chi connectivity index (χ3n) is 3.28. The van der Waals surface area contributed by atoms with Gasteiger partial charge in [-0.1, -0.05) is 12.1 Å². The molecule has 1 amide bonds. The molecule has 1 aliphatic heterocycles. The molecule has 3 N–H and O–H groups in total. The molecule has 0 aromatic heterocycles. The average Bonchev–Trinajstić information content (AvgIpc) is 2.83. The van der Waals surface area contributed by atoms with Crippen LogP contribution in [0.5, 0.6) is 5.75 Å². The number of ether oxygens (including phenoxy) is 1. The van der Waals surface area contributed by atoms with Gasteiger partial charge in [-0.25, -0.2) is 0 Å². The van der Waals surface area contributed by atoms with E-state index in [2.05, 4.69) is 11.4 Å². The molecule has 0 aliphatic carbocycles. The molecule has 0 bridgehead atoms. The largest absolute Gasteiger partial charge is 0.493 e. The fourth-order valence-electron chi connectivity index (χ4n) is 2.29. The smallest absolute Gasteiger partial charge is 0.220 e. The van der Waals surface area contributed by atoms with Crippen molar-refractivity contribution in [2.75, 3.05) is 19.7 Å². The first kappa shape index (κ1) is 12.9. The molecule has 0 saturated heterocycles. The molecule has 1 aromatic rings. The Kier molecular flexibility index (Phi) is 4.20. The topological polar surface area (TPSA) is 64.4 Å². The van der Waals surface area contributed by atoms with Gasteiger partial charge in [0.05, 0.1) is 6.61 Å². The van der Waals surface area contributed by atoms with Crippen LogP contribution in [0, 0.1) is 0 Å². The molecule has 1 unspecified atom stereocenters. The Morgan fingerprint density at radius 2 is 2.39 bits per heavy atom. The van der Waals surface area contributed by atoms with Crippen LogP contribution >= 0.6 is 0 Å². The summed E-state index contributed by atoms with van der Waals surface area (Å²) in [5.74, 6) is 1.11. The van der Waals surface area contributed by atoms with E-state index in [1.807, 2.05) is 19.1 Å². The Morgan fingerprint density at radius 3 is 3.11 bits per heavy atom. The van der Waals surface area contributed by atoms with E-state index in [0.717, 1.165) is 24.3 Å². The van der Waals surface area contributed by atoms with Crippen molar-refractivity contribution >= 4 is 5.91 Å². The van der Waals surface area contributed by atoms with Crippen molar-refractivity contribution < 1.29 is 9.53 Å². The van der Waals surface area contributed by atoms with Crippen molar-refractivity contribution in [2.24, 2.45) is 5.73 Å². The van der Waals surface area contributed by atoms with Gasteiger partial charge in [-0.2, -0.15) is 0 Å². The fraction of sp³-hybridized carbons (Fsp3) is 0.500. The highest BCUT2D eigenvalue weighted by molar-refractivity contribution is 5.76. The maximum absolute atomic E-state index is 11.6. The summed E-state index contributed by atoms with van der Waals surface area (Å²) in [7, 11) is 0. The van der Waals surface area contributed by atoms with Gasteiger partial charge in [0.25, 0.3) is 0 Å². The molecule has 4 heteroatoms. The van der Waals surface area contributed by atoms with Crippen LogP contribution in [0.3, 0.4) is 0 Å². The number of fused-ring (bicyclic) bond motifs is 1. The van der Waals surface area contributed by atoms with Crippen molar-refractivity contribution in [3.63, 3.8) is 0 Å². The zero-order chi connectivity index (χ0) is 13.0. The molecule has 0 saturated carbocycles. The number of carbonyl (C=O) groups is 1. The summed E-state index contributed by atoms with van der Waals surface area (Å²) in [5, 5.41) is 2.81. The Balaban J connectivity index is 2.10. The zero-order valence-electron chi connectivity index (χ0n) is 10.7. The van der Waals surface area contributed by atoms with E-state index in [9.17, 15) is 4.79 Å². The first-order valence-corrected chi connectivity index (χ1v) is 6.47. The van der Waals surface area contributed by atoms with Gasteiger partial charge in [0.15, 0.2) is 0 Å². The second kappa shape index (κ2) is 5.87. The zero-order valence-corrected chi connectivity index (χ0v) is 10.7. The van der Waals surface area contributed by atoms with Crippen molar-refractivity contribution in [3.05, 3.63) is 29.3 Å². The third kappa shape index (κ3) is 2.82. The summed E-state index contributed by atoms with van der Waals surface area (Å²) in [6.07, 6.45) is 1.39. The Bertz CT molecular complexity index is 432. The Morgan fingerprint density at radius 1 is 1.56 bits per heavy atom. The highest BCUT2D eigenvalue weighted by Crippen LogP contribution is 2.29. The third-order valence-corrected chi connectivity index (χ3v) is 3.28. The summed E-state index contributed by atoms with van der Waals surface area (Å²) in [6, 6.07) is 6.12. The van der Waals surface area contributed by atoms with Crippen LogP contribution in [0.1, 0.15) is 30.4 Å². The standard InChI is InChI=1S/C14H20N2O2/c1-2-16-14(17)8-12(9-15)10-3-4-13-11(7-10)5-6-18-13/h3-4,7,12H,2,5-6,8-9,15H2,1H3,(H,16,17). The van der Waals surface area contributed by atoms with Gasteiger partial charge in [0, 0.05) is 25.3 Å². The van der Waals surface area contributed by atoms with Crippen LogP contribution in [0.4, 0.5) is 0 Å². The lowest BCUT2D eigenvalue weighted by molar-refractivity contribution is -0.121. The van der Waals surface area contributed by atoms with E-state index < -0.39 is 0 Å². The molecule has 18 heavy (non-hydrogen) atoms. The molecule has 0 fully saturated rings. The van der Waals surface area contributed by atoms with Crippen molar-refractivity contribution in [1.82, 2.24) is 5.32 Å². The van der Waals surface area contributed by atoms with Crippen molar-refractivity contribution in [1.29, 1.82) is 0 Å². The van der Waals surface area contributed by atoms with Gasteiger partial charge in [0.2, 0.25) is 5.91 Å². The normalized spacial score (nSPS) is 14.8. The van der Waals surface area contributed by atoms with Crippen LogP contribution in [0.15, 0.2) is 18.2 Å². The molecule has 0 radical (unpaired) electrons. The van der Waals surface area contributed by atoms with Gasteiger partial charge in [-0.05, 0) is 30.7 Å². The maximum atomic E-state index is 11.6. The number of hydrogen-bond acceptors (Lipinski definition) is 3. The number of amides is 1. The van der Waals surface area contributed by atoms with Gasteiger partial charge in [0.1, 0.15) is 5.75 Å². The Hall–Kier alpha value is -1.55. The molecule has 1 aliphatic rings. The quantitative estimate of drug-likeness (QED) is 0.822. The average molecular weight is 248 g/mol. The van der Waals surface area contributed by atoms with Gasteiger partial charge < -0.3 is 15.8 Å². The predicted molar refractivity (Wildman–Crippen MR) is 70.7 cm³/mol. The predicted octanol–water partition coefficient (Wildman–Crippen LogP) is 1.19. The molecule has 1 atom stereocenters. The van der Waals surface area contributed by atoms with Crippen LogP contribution in [-0.2, 0) is 11.2 Å². The van der Waals surface area contributed by atoms with Crippen LogP contribution in [-0.4, -0.2) is 25.6 Å². The minimum absolute atomic E-state index is 0.0599. The highest BCUT2D eigenvalue weighted by Gasteiger charge is 2.18. The number of carbonyl (C=O) groups excluding carboxylic acids is 1. The van der Waals surface area contributed by atoms with Gasteiger partial charge in [-0.15, -0.1) is 0 Å². The van der Waals surface area contributed by atoms with E-state index >= 15 is 0 Å². The minimum Gasteiger partial charge on any atom is -0.493 e. The lowest BCUT2D eigenvalue weighted by atomic mass is 9.93. The van der Waals surface area contributed by atoms with Crippen molar-refractivity contribution in [2.45, 2.75) is 25.7 Å².